The standard InChI is InChI=1S/C17H25NOS2/c1-2-20-16-11-7-6-10-15(16)17(19)18-12-13-21-14-8-4-3-5-9-14/h6-7,10-11,14H,2-5,8-9,12-13H2,1H3,(H,18,19). The zero-order valence-electron chi connectivity index (χ0n) is 12.8. The van der Waals surface area contributed by atoms with E-state index < -0.39 is 0 Å². The van der Waals surface area contributed by atoms with Gasteiger partial charge in [0, 0.05) is 22.4 Å². The number of thioether (sulfide) groups is 2. The molecule has 1 aromatic carbocycles. The van der Waals surface area contributed by atoms with Crippen molar-refractivity contribution in [2.75, 3.05) is 18.1 Å². The maximum absolute atomic E-state index is 12.3. The largest absolute Gasteiger partial charge is 0.351 e. The lowest BCUT2D eigenvalue weighted by Gasteiger charge is -2.20. The van der Waals surface area contributed by atoms with Crippen LogP contribution in [-0.2, 0) is 0 Å². The molecule has 1 aliphatic rings. The SMILES string of the molecule is CCSc1ccccc1C(=O)NCCSC1CCCCC1. The maximum Gasteiger partial charge on any atom is 0.252 e. The van der Waals surface area contributed by atoms with Crippen molar-refractivity contribution in [3.05, 3.63) is 29.8 Å². The van der Waals surface area contributed by atoms with Crippen LogP contribution in [0.1, 0.15) is 49.4 Å². The van der Waals surface area contributed by atoms with Gasteiger partial charge in [0.05, 0.1) is 5.56 Å². The second-order valence-corrected chi connectivity index (χ2v) is 8.03. The second-order valence-electron chi connectivity index (χ2n) is 5.32. The van der Waals surface area contributed by atoms with Crippen LogP contribution >= 0.6 is 23.5 Å². The minimum Gasteiger partial charge on any atom is -0.351 e. The molecule has 1 amide bonds. The van der Waals surface area contributed by atoms with Crippen LogP contribution in [0.5, 0.6) is 0 Å². The molecule has 2 nitrogen and oxygen atoms in total. The number of hydrogen-bond donors (Lipinski definition) is 1. The number of rotatable bonds is 7. The molecule has 1 fully saturated rings. The predicted molar refractivity (Wildman–Crippen MR) is 94.5 cm³/mol. The van der Waals surface area contributed by atoms with E-state index in [2.05, 4.69) is 12.2 Å². The van der Waals surface area contributed by atoms with E-state index >= 15 is 0 Å². The monoisotopic (exact) mass is 323 g/mol. The molecule has 0 unspecified atom stereocenters. The summed E-state index contributed by atoms with van der Waals surface area (Å²) < 4.78 is 0. The normalized spacial score (nSPS) is 15.9. The Morgan fingerprint density at radius 1 is 1.24 bits per heavy atom. The minimum atomic E-state index is 0.0656. The van der Waals surface area contributed by atoms with Crippen molar-refractivity contribution in [2.45, 2.75) is 49.2 Å². The van der Waals surface area contributed by atoms with Crippen molar-refractivity contribution in [1.29, 1.82) is 0 Å². The number of carbonyl (C=O) groups is 1. The molecular formula is C17H25NOS2. The fourth-order valence-electron chi connectivity index (χ4n) is 2.65. The van der Waals surface area contributed by atoms with Gasteiger partial charge in [-0.05, 0) is 30.7 Å². The van der Waals surface area contributed by atoms with Gasteiger partial charge in [0.2, 0.25) is 0 Å². The first kappa shape index (κ1) is 16.8. The van der Waals surface area contributed by atoms with Crippen molar-refractivity contribution in [1.82, 2.24) is 5.32 Å². The lowest BCUT2D eigenvalue weighted by atomic mass is 10.0. The summed E-state index contributed by atoms with van der Waals surface area (Å²) in [5.41, 5.74) is 0.812. The van der Waals surface area contributed by atoms with Gasteiger partial charge in [-0.2, -0.15) is 11.8 Å². The van der Waals surface area contributed by atoms with Gasteiger partial charge in [0.15, 0.2) is 0 Å². The van der Waals surface area contributed by atoms with Gasteiger partial charge in [0.25, 0.3) is 5.91 Å². The van der Waals surface area contributed by atoms with E-state index in [0.717, 1.165) is 33.8 Å². The molecule has 0 aliphatic heterocycles. The van der Waals surface area contributed by atoms with Crippen molar-refractivity contribution >= 4 is 29.4 Å². The molecular weight excluding hydrogens is 298 g/mol. The third-order valence-corrected chi connectivity index (χ3v) is 6.06. The Hall–Kier alpha value is -0.610. The highest BCUT2D eigenvalue weighted by atomic mass is 32.2. The lowest BCUT2D eigenvalue weighted by molar-refractivity contribution is 0.0953. The Balaban J connectivity index is 1.74. The molecule has 1 saturated carbocycles. The zero-order valence-corrected chi connectivity index (χ0v) is 14.4. The first-order valence-corrected chi connectivity index (χ1v) is 9.96. The summed E-state index contributed by atoms with van der Waals surface area (Å²) >= 11 is 3.76. The van der Waals surface area contributed by atoms with E-state index in [4.69, 9.17) is 0 Å². The third-order valence-electron chi connectivity index (χ3n) is 3.72. The number of benzene rings is 1. The van der Waals surface area contributed by atoms with Crippen LogP contribution in [0.3, 0.4) is 0 Å². The highest BCUT2D eigenvalue weighted by Crippen LogP contribution is 2.27. The third kappa shape index (κ3) is 5.59. The predicted octanol–water partition coefficient (Wildman–Crippen LogP) is 4.59. The fourth-order valence-corrected chi connectivity index (χ4v) is 4.67. The molecule has 1 aromatic rings. The van der Waals surface area contributed by atoms with Crippen molar-refractivity contribution in [2.24, 2.45) is 0 Å². The van der Waals surface area contributed by atoms with Crippen LogP contribution in [0.4, 0.5) is 0 Å². The van der Waals surface area contributed by atoms with E-state index in [1.54, 1.807) is 11.8 Å². The van der Waals surface area contributed by atoms with Gasteiger partial charge >= 0.3 is 0 Å². The number of nitrogens with one attached hydrogen (secondary N) is 1. The fraction of sp³-hybridized carbons (Fsp3) is 0.588. The Labute approximate surface area is 136 Å². The molecule has 0 saturated heterocycles. The second kappa shape index (κ2) is 9.42. The van der Waals surface area contributed by atoms with Crippen LogP contribution in [-0.4, -0.2) is 29.2 Å². The molecule has 0 atom stereocenters. The summed E-state index contributed by atoms with van der Waals surface area (Å²) in [4.78, 5) is 13.3. The van der Waals surface area contributed by atoms with E-state index in [1.807, 2.05) is 36.0 Å². The molecule has 0 spiro atoms. The number of amides is 1. The Bertz CT molecular complexity index is 444. The highest BCUT2D eigenvalue weighted by Gasteiger charge is 2.14. The summed E-state index contributed by atoms with van der Waals surface area (Å²) in [5, 5.41) is 3.88. The van der Waals surface area contributed by atoms with Crippen molar-refractivity contribution < 1.29 is 4.79 Å². The zero-order chi connectivity index (χ0) is 14.9. The Morgan fingerprint density at radius 2 is 2.00 bits per heavy atom. The van der Waals surface area contributed by atoms with Gasteiger partial charge in [-0.15, -0.1) is 11.8 Å². The molecule has 1 N–H and O–H groups in total. The van der Waals surface area contributed by atoms with Crippen LogP contribution < -0.4 is 5.32 Å². The topological polar surface area (TPSA) is 29.1 Å². The Morgan fingerprint density at radius 3 is 2.76 bits per heavy atom. The summed E-state index contributed by atoms with van der Waals surface area (Å²) in [6.07, 6.45) is 6.88. The smallest absolute Gasteiger partial charge is 0.252 e. The van der Waals surface area contributed by atoms with E-state index in [-0.39, 0.29) is 5.91 Å². The minimum absolute atomic E-state index is 0.0656. The van der Waals surface area contributed by atoms with Gasteiger partial charge in [-0.1, -0.05) is 38.3 Å². The van der Waals surface area contributed by atoms with E-state index in [0.29, 0.717) is 0 Å². The van der Waals surface area contributed by atoms with Gasteiger partial charge in [0.1, 0.15) is 0 Å². The summed E-state index contributed by atoms with van der Waals surface area (Å²) in [7, 11) is 0. The average Bonchev–Trinajstić information content (AvgIpc) is 2.53. The van der Waals surface area contributed by atoms with Crippen LogP contribution in [0, 0.1) is 0 Å². The molecule has 4 heteroatoms. The van der Waals surface area contributed by atoms with Crippen LogP contribution in [0.2, 0.25) is 0 Å². The van der Waals surface area contributed by atoms with E-state index in [9.17, 15) is 4.79 Å². The molecule has 116 valence electrons. The Kier molecular flexibility index (Phi) is 7.51. The number of carbonyl (C=O) groups excluding carboxylic acids is 1. The summed E-state index contributed by atoms with van der Waals surface area (Å²) in [5.74, 6) is 2.08. The van der Waals surface area contributed by atoms with Crippen LogP contribution in [0.15, 0.2) is 29.2 Å². The molecule has 0 bridgehead atoms. The lowest BCUT2D eigenvalue weighted by Crippen LogP contribution is -2.27. The average molecular weight is 324 g/mol. The van der Waals surface area contributed by atoms with Gasteiger partial charge in [-0.25, -0.2) is 0 Å². The van der Waals surface area contributed by atoms with Crippen molar-refractivity contribution in [3.8, 4) is 0 Å². The summed E-state index contributed by atoms with van der Waals surface area (Å²) in [6, 6.07) is 7.88. The van der Waals surface area contributed by atoms with Crippen LogP contribution in [0.25, 0.3) is 0 Å². The van der Waals surface area contributed by atoms with Gasteiger partial charge < -0.3 is 5.32 Å². The van der Waals surface area contributed by atoms with E-state index in [1.165, 1.54) is 32.1 Å². The molecule has 0 radical (unpaired) electrons. The maximum atomic E-state index is 12.3. The molecule has 2 rings (SSSR count). The number of hydrogen-bond acceptors (Lipinski definition) is 3. The highest BCUT2D eigenvalue weighted by molar-refractivity contribution is 8.00. The van der Waals surface area contributed by atoms with Gasteiger partial charge in [-0.3, -0.25) is 4.79 Å². The molecule has 1 aliphatic carbocycles. The molecule has 21 heavy (non-hydrogen) atoms. The molecule has 0 aromatic heterocycles. The summed E-state index contributed by atoms with van der Waals surface area (Å²) in [6.45, 7) is 2.88. The first-order chi connectivity index (χ1) is 10.3. The quantitative estimate of drug-likeness (QED) is 0.587. The van der Waals surface area contributed by atoms with Crippen molar-refractivity contribution in [3.63, 3.8) is 0 Å². The molecule has 0 heterocycles. The first-order valence-electron chi connectivity index (χ1n) is 7.93.